The quantitative estimate of drug-likeness (QED) is 0.698. The summed E-state index contributed by atoms with van der Waals surface area (Å²) in [6.07, 6.45) is 4.56. The number of aliphatic hydroxyl groups is 1. The lowest BCUT2D eigenvalue weighted by Gasteiger charge is -2.17. The molecule has 2 rings (SSSR count). The van der Waals surface area contributed by atoms with Crippen molar-refractivity contribution in [2.45, 2.75) is 18.9 Å². The van der Waals surface area contributed by atoms with Crippen LogP contribution in [0.25, 0.3) is 0 Å². The molecule has 1 heterocycles. The van der Waals surface area contributed by atoms with Crippen molar-refractivity contribution in [3.63, 3.8) is 0 Å². The van der Waals surface area contributed by atoms with Gasteiger partial charge in [-0.15, -0.1) is 0 Å². The lowest BCUT2D eigenvalue weighted by atomic mass is 9.96. The Morgan fingerprint density at radius 3 is 2.50 bits per heavy atom. The molecule has 1 unspecified atom stereocenters. The lowest BCUT2D eigenvalue weighted by molar-refractivity contribution is 0.237. The van der Waals surface area contributed by atoms with E-state index in [1.165, 1.54) is 0 Å². The Labute approximate surface area is 131 Å². The van der Waals surface area contributed by atoms with Crippen molar-refractivity contribution in [1.82, 2.24) is 15.2 Å². The number of aliphatic hydroxyl groups excluding tert-OH is 1. The maximum absolute atomic E-state index is 11.8. The zero-order valence-corrected chi connectivity index (χ0v) is 12.6. The minimum Gasteiger partial charge on any atom is -0.396 e. The highest BCUT2D eigenvalue weighted by molar-refractivity contribution is 5.73. The maximum Gasteiger partial charge on any atom is 0.314 e. The van der Waals surface area contributed by atoms with Crippen LogP contribution in [0.2, 0.25) is 0 Å². The number of rotatable bonds is 8. The van der Waals surface area contributed by atoms with Crippen LogP contribution < -0.4 is 10.6 Å². The van der Waals surface area contributed by atoms with Gasteiger partial charge in [-0.25, -0.2) is 4.79 Å². The van der Waals surface area contributed by atoms with Gasteiger partial charge < -0.3 is 20.3 Å². The van der Waals surface area contributed by atoms with Gasteiger partial charge in [0.2, 0.25) is 0 Å². The van der Waals surface area contributed by atoms with Crippen LogP contribution in [0, 0.1) is 0 Å². The molecule has 0 aliphatic heterocycles. The summed E-state index contributed by atoms with van der Waals surface area (Å²) in [5, 5.41) is 14.9. The summed E-state index contributed by atoms with van der Waals surface area (Å²) in [5.74, 6) is 0.126. The van der Waals surface area contributed by atoms with E-state index in [0.717, 1.165) is 12.1 Å². The van der Waals surface area contributed by atoms with Crippen LogP contribution in [0.5, 0.6) is 0 Å². The monoisotopic (exact) mass is 301 g/mol. The minimum absolute atomic E-state index is 0.108. The van der Waals surface area contributed by atoms with E-state index in [1.54, 1.807) is 0 Å². The second kappa shape index (κ2) is 8.89. The van der Waals surface area contributed by atoms with E-state index in [4.69, 9.17) is 0 Å². The van der Waals surface area contributed by atoms with Crippen LogP contribution in [0.4, 0.5) is 4.79 Å². The van der Waals surface area contributed by atoms with E-state index in [-0.39, 0.29) is 18.6 Å². The van der Waals surface area contributed by atoms with Crippen molar-refractivity contribution in [2.75, 3.05) is 19.7 Å². The van der Waals surface area contributed by atoms with Crippen molar-refractivity contribution >= 4 is 6.03 Å². The number of carbonyl (C=O) groups excluding carboxylic acids is 1. The largest absolute Gasteiger partial charge is 0.396 e. The first-order valence-corrected chi connectivity index (χ1v) is 7.58. The van der Waals surface area contributed by atoms with Gasteiger partial charge in [0.15, 0.2) is 0 Å². The lowest BCUT2D eigenvalue weighted by Crippen LogP contribution is -2.39. The maximum atomic E-state index is 11.8. The fourth-order valence-electron chi connectivity index (χ4n) is 2.36. The molecule has 2 amide bonds. The molecule has 0 bridgehead atoms. The molecule has 2 aromatic rings. The average Bonchev–Trinajstić information content (AvgIpc) is 3.05. The standard InChI is InChI=1S/C17H23N3O2/c21-13-8-16(15-6-2-1-3-7-15)14-19-17(22)18-9-12-20-10-4-5-11-20/h1-7,10-11,16,21H,8-9,12-14H2,(H2,18,19,22). The number of nitrogens with one attached hydrogen (secondary N) is 2. The van der Waals surface area contributed by atoms with Crippen LogP contribution >= 0.6 is 0 Å². The highest BCUT2D eigenvalue weighted by Crippen LogP contribution is 2.17. The van der Waals surface area contributed by atoms with Crippen LogP contribution in [-0.4, -0.2) is 35.4 Å². The normalized spacial score (nSPS) is 11.9. The molecule has 0 spiro atoms. The smallest absolute Gasteiger partial charge is 0.314 e. The number of aromatic nitrogens is 1. The van der Waals surface area contributed by atoms with E-state index in [9.17, 15) is 9.90 Å². The minimum atomic E-state index is -0.175. The van der Waals surface area contributed by atoms with Crippen LogP contribution in [-0.2, 0) is 6.54 Å². The molecule has 1 aromatic carbocycles. The Morgan fingerprint density at radius 1 is 1.09 bits per heavy atom. The van der Waals surface area contributed by atoms with Gasteiger partial charge >= 0.3 is 6.03 Å². The van der Waals surface area contributed by atoms with Crippen molar-refractivity contribution in [3.8, 4) is 0 Å². The first kappa shape index (κ1) is 16.1. The first-order valence-electron chi connectivity index (χ1n) is 7.58. The summed E-state index contributed by atoms with van der Waals surface area (Å²) < 4.78 is 2.01. The number of carbonyl (C=O) groups is 1. The molecular weight excluding hydrogens is 278 g/mol. The summed E-state index contributed by atoms with van der Waals surface area (Å²) in [4.78, 5) is 11.8. The highest BCUT2D eigenvalue weighted by Gasteiger charge is 2.12. The fraction of sp³-hybridized carbons (Fsp3) is 0.353. The molecule has 3 N–H and O–H groups in total. The number of benzene rings is 1. The Morgan fingerprint density at radius 2 is 1.82 bits per heavy atom. The van der Waals surface area contributed by atoms with E-state index in [2.05, 4.69) is 10.6 Å². The van der Waals surface area contributed by atoms with Gasteiger partial charge in [-0.05, 0) is 24.1 Å². The molecule has 1 aromatic heterocycles. The number of hydrogen-bond donors (Lipinski definition) is 3. The highest BCUT2D eigenvalue weighted by atomic mass is 16.3. The molecule has 0 radical (unpaired) electrons. The zero-order chi connectivity index (χ0) is 15.6. The molecule has 0 aliphatic carbocycles. The van der Waals surface area contributed by atoms with Crippen LogP contribution in [0.15, 0.2) is 54.9 Å². The number of amides is 2. The van der Waals surface area contributed by atoms with Gasteiger partial charge in [-0.2, -0.15) is 0 Å². The molecule has 22 heavy (non-hydrogen) atoms. The van der Waals surface area contributed by atoms with Crippen molar-refractivity contribution in [1.29, 1.82) is 0 Å². The van der Waals surface area contributed by atoms with Crippen molar-refractivity contribution in [2.24, 2.45) is 0 Å². The second-order valence-corrected chi connectivity index (χ2v) is 5.18. The molecule has 0 aliphatic rings. The van der Waals surface area contributed by atoms with Crippen LogP contribution in [0.3, 0.4) is 0 Å². The van der Waals surface area contributed by atoms with E-state index in [1.807, 2.05) is 59.4 Å². The SMILES string of the molecule is O=C(NCCn1cccc1)NCC(CCO)c1ccccc1. The van der Waals surface area contributed by atoms with Crippen LogP contribution in [0.1, 0.15) is 17.9 Å². The third-order valence-corrected chi connectivity index (χ3v) is 3.58. The molecular formula is C17H23N3O2. The summed E-state index contributed by atoms with van der Waals surface area (Å²) in [5.41, 5.74) is 1.13. The second-order valence-electron chi connectivity index (χ2n) is 5.18. The third-order valence-electron chi connectivity index (χ3n) is 3.58. The third kappa shape index (κ3) is 5.26. The molecule has 5 nitrogen and oxygen atoms in total. The van der Waals surface area contributed by atoms with Crippen molar-refractivity contribution in [3.05, 3.63) is 60.4 Å². The Balaban J connectivity index is 1.73. The molecule has 1 atom stereocenters. The number of hydrogen-bond acceptors (Lipinski definition) is 2. The zero-order valence-electron chi connectivity index (χ0n) is 12.6. The van der Waals surface area contributed by atoms with Gasteiger partial charge in [0.05, 0.1) is 0 Å². The Hall–Kier alpha value is -2.27. The molecule has 118 valence electrons. The Bertz CT molecular complexity index is 540. The first-order chi connectivity index (χ1) is 10.8. The van der Waals surface area contributed by atoms with E-state index < -0.39 is 0 Å². The molecule has 0 saturated carbocycles. The summed E-state index contributed by atoms with van der Waals surface area (Å²) in [6, 6.07) is 13.7. The predicted octanol–water partition coefficient (Wildman–Crippen LogP) is 1.95. The summed E-state index contributed by atoms with van der Waals surface area (Å²) >= 11 is 0. The average molecular weight is 301 g/mol. The van der Waals surface area contributed by atoms with Crippen molar-refractivity contribution < 1.29 is 9.90 Å². The van der Waals surface area contributed by atoms with Gasteiger partial charge in [-0.1, -0.05) is 30.3 Å². The molecule has 0 fully saturated rings. The number of urea groups is 1. The Kier molecular flexibility index (Phi) is 6.51. The van der Waals surface area contributed by atoms with Gasteiger partial charge in [0.25, 0.3) is 0 Å². The van der Waals surface area contributed by atoms with Gasteiger partial charge in [0.1, 0.15) is 0 Å². The van der Waals surface area contributed by atoms with E-state index in [0.29, 0.717) is 19.5 Å². The summed E-state index contributed by atoms with van der Waals surface area (Å²) in [6.45, 7) is 1.95. The predicted molar refractivity (Wildman–Crippen MR) is 86.7 cm³/mol. The van der Waals surface area contributed by atoms with Gasteiger partial charge in [0, 0.05) is 44.6 Å². The van der Waals surface area contributed by atoms with E-state index >= 15 is 0 Å². The molecule has 5 heteroatoms. The number of nitrogens with zero attached hydrogens (tertiary/aromatic N) is 1. The topological polar surface area (TPSA) is 66.3 Å². The van der Waals surface area contributed by atoms with Gasteiger partial charge in [-0.3, -0.25) is 0 Å². The summed E-state index contributed by atoms with van der Waals surface area (Å²) in [7, 11) is 0. The fourth-order valence-corrected chi connectivity index (χ4v) is 2.36. The molecule has 0 saturated heterocycles.